The predicted octanol–water partition coefficient (Wildman–Crippen LogP) is 3.28. The van der Waals surface area contributed by atoms with Gasteiger partial charge < -0.3 is 23.8 Å². The summed E-state index contributed by atoms with van der Waals surface area (Å²) in [6.45, 7) is 6.27. The zero-order chi connectivity index (χ0) is 22.7. The monoisotopic (exact) mass is 457 g/mol. The molecule has 0 unspecified atom stereocenters. The molecule has 11 heteroatoms. The van der Waals surface area contributed by atoms with Crippen LogP contribution < -0.4 is 11.0 Å². The van der Waals surface area contributed by atoms with Gasteiger partial charge in [0.15, 0.2) is 6.29 Å². The zero-order valence-corrected chi connectivity index (χ0v) is 19.2. The van der Waals surface area contributed by atoms with Crippen LogP contribution in [0.5, 0.6) is 0 Å². The van der Waals surface area contributed by atoms with Crippen molar-refractivity contribution in [3.63, 3.8) is 0 Å². The maximum absolute atomic E-state index is 12.7. The molecule has 0 bridgehead atoms. The highest BCUT2D eigenvalue weighted by Gasteiger charge is 2.23. The summed E-state index contributed by atoms with van der Waals surface area (Å²) >= 11 is 0. The lowest BCUT2D eigenvalue weighted by Crippen LogP contribution is -2.29. The lowest BCUT2D eigenvalue weighted by Gasteiger charge is -2.27. The minimum Gasteiger partial charge on any atom is -0.353 e. The molecule has 1 N–H and O–H groups in total. The molecule has 1 amide bonds. The molecule has 31 heavy (non-hydrogen) atoms. The standard InChI is InChI=1S/C20H32N3O7P/c1-4-28-31(26,29-5-2)15-11-17(30-19-8-6-7-14-27-19)9-12-23-13-10-18(21-16(3)24)22-20(23)25/h10-11,13,15,17,19H,4-9,12,14H2,1-3H3,(H,21,22,24,25)/b15-11+/t17-,19+/m1/s1. The van der Waals surface area contributed by atoms with Crippen LogP contribution in [0, 0.1) is 0 Å². The van der Waals surface area contributed by atoms with Gasteiger partial charge in [0, 0.05) is 32.1 Å². The highest BCUT2D eigenvalue weighted by atomic mass is 31.2. The molecule has 2 heterocycles. The van der Waals surface area contributed by atoms with Gasteiger partial charge >= 0.3 is 13.3 Å². The summed E-state index contributed by atoms with van der Waals surface area (Å²) in [4.78, 5) is 27.2. The van der Waals surface area contributed by atoms with Crippen molar-refractivity contribution in [2.24, 2.45) is 0 Å². The largest absolute Gasteiger partial charge is 0.353 e. The van der Waals surface area contributed by atoms with E-state index < -0.39 is 19.4 Å². The lowest BCUT2D eigenvalue weighted by atomic mass is 10.2. The van der Waals surface area contributed by atoms with Gasteiger partial charge in [-0.05, 0) is 51.7 Å². The van der Waals surface area contributed by atoms with Crippen LogP contribution in [0.15, 0.2) is 29.0 Å². The Hall–Kier alpha value is -1.84. The molecule has 2 atom stereocenters. The van der Waals surface area contributed by atoms with Crippen molar-refractivity contribution < 1.29 is 27.9 Å². The molecule has 0 aromatic carbocycles. The molecule has 174 valence electrons. The molecule has 1 saturated heterocycles. The SMILES string of the molecule is CCOP(=O)(/C=C/[C@@H](CCn1ccc(NC(C)=O)nc1=O)O[C@H]1CCCCO1)OCC. The summed E-state index contributed by atoms with van der Waals surface area (Å²) in [6, 6.07) is 1.55. The summed E-state index contributed by atoms with van der Waals surface area (Å²) in [5.74, 6) is 1.31. The van der Waals surface area contributed by atoms with E-state index >= 15 is 0 Å². The van der Waals surface area contributed by atoms with E-state index in [-0.39, 0.29) is 31.2 Å². The first-order valence-electron chi connectivity index (χ1n) is 10.6. The van der Waals surface area contributed by atoms with Gasteiger partial charge in [-0.1, -0.05) is 0 Å². The average molecular weight is 457 g/mol. The third-order valence-electron chi connectivity index (χ3n) is 4.40. The van der Waals surface area contributed by atoms with Gasteiger partial charge in [-0.15, -0.1) is 0 Å². The number of aromatic nitrogens is 2. The number of anilines is 1. The minimum absolute atomic E-state index is 0.200. The summed E-state index contributed by atoms with van der Waals surface area (Å²) in [7, 11) is -3.37. The molecule has 1 aromatic rings. The zero-order valence-electron chi connectivity index (χ0n) is 18.3. The fourth-order valence-electron chi connectivity index (χ4n) is 3.02. The van der Waals surface area contributed by atoms with Crippen molar-refractivity contribution in [1.82, 2.24) is 9.55 Å². The van der Waals surface area contributed by atoms with E-state index in [9.17, 15) is 14.2 Å². The van der Waals surface area contributed by atoms with E-state index in [2.05, 4.69) is 10.3 Å². The molecular weight excluding hydrogens is 425 g/mol. The Kier molecular flexibility index (Phi) is 10.6. The molecule has 1 aliphatic rings. The molecule has 1 aromatic heterocycles. The number of aryl methyl sites for hydroxylation is 1. The second-order valence-electron chi connectivity index (χ2n) is 6.95. The third-order valence-corrected chi connectivity index (χ3v) is 6.17. The van der Waals surface area contributed by atoms with Crippen LogP contribution in [0.25, 0.3) is 0 Å². The van der Waals surface area contributed by atoms with Crippen molar-refractivity contribution in [3.8, 4) is 0 Å². The molecular formula is C20H32N3O7P. The topological polar surface area (TPSA) is 118 Å². The number of carbonyl (C=O) groups excluding carboxylic acids is 1. The summed E-state index contributed by atoms with van der Waals surface area (Å²) in [5, 5.41) is 2.48. The summed E-state index contributed by atoms with van der Waals surface area (Å²) in [6.07, 6.45) is 5.55. The fraction of sp³-hybridized carbons (Fsp3) is 0.650. The number of hydrogen-bond acceptors (Lipinski definition) is 8. The van der Waals surface area contributed by atoms with Crippen molar-refractivity contribution >= 4 is 19.3 Å². The van der Waals surface area contributed by atoms with E-state index in [4.69, 9.17) is 18.5 Å². The average Bonchev–Trinajstić information content (AvgIpc) is 2.72. The van der Waals surface area contributed by atoms with Gasteiger partial charge in [-0.25, -0.2) is 4.79 Å². The molecule has 1 fully saturated rings. The second kappa shape index (κ2) is 12.9. The Labute approximate surface area is 182 Å². The van der Waals surface area contributed by atoms with Crippen LogP contribution in [-0.2, 0) is 34.4 Å². The van der Waals surface area contributed by atoms with Gasteiger partial charge in [0.05, 0.1) is 19.3 Å². The minimum atomic E-state index is -3.37. The molecule has 1 aliphatic heterocycles. The number of carbonyl (C=O) groups is 1. The van der Waals surface area contributed by atoms with Crippen LogP contribution >= 0.6 is 7.60 Å². The molecule has 0 spiro atoms. The van der Waals surface area contributed by atoms with Gasteiger partial charge in [0.2, 0.25) is 5.91 Å². The Morgan fingerprint density at radius 3 is 2.71 bits per heavy atom. The first kappa shape index (κ1) is 25.4. The maximum atomic E-state index is 12.7. The fourth-order valence-corrected chi connectivity index (χ4v) is 4.39. The van der Waals surface area contributed by atoms with E-state index in [1.54, 1.807) is 32.2 Å². The van der Waals surface area contributed by atoms with E-state index in [1.807, 2.05) is 0 Å². The quantitative estimate of drug-likeness (QED) is 0.475. The van der Waals surface area contributed by atoms with Crippen molar-refractivity contribution in [3.05, 3.63) is 34.6 Å². The second-order valence-corrected chi connectivity index (χ2v) is 8.84. The molecule has 2 rings (SSSR count). The molecule has 0 aliphatic carbocycles. The number of hydrogen-bond donors (Lipinski definition) is 1. The first-order chi connectivity index (χ1) is 14.8. The van der Waals surface area contributed by atoms with Gasteiger partial charge in [0.1, 0.15) is 5.82 Å². The van der Waals surface area contributed by atoms with Crippen LogP contribution in [0.2, 0.25) is 0 Å². The highest BCUT2D eigenvalue weighted by Crippen LogP contribution is 2.49. The van der Waals surface area contributed by atoms with Crippen LogP contribution in [0.3, 0.4) is 0 Å². The summed E-state index contributed by atoms with van der Waals surface area (Å²) < 4.78 is 36.5. The Bertz CT molecular complexity index is 826. The molecule has 10 nitrogen and oxygen atoms in total. The van der Waals surface area contributed by atoms with E-state index in [0.29, 0.717) is 19.6 Å². The normalized spacial score (nSPS) is 18.2. The summed E-state index contributed by atoms with van der Waals surface area (Å²) in [5.41, 5.74) is -0.489. The molecule has 0 saturated carbocycles. The van der Waals surface area contributed by atoms with E-state index in [1.165, 1.54) is 17.3 Å². The van der Waals surface area contributed by atoms with Crippen LogP contribution in [-0.4, -0.2) is 47.7 Å². The Balaban J connectivity index is 2.10. The number of nitrogens with zero attached hydrogens (tertiary/aromatic N) is 2. The lowest BCUT2D eigenvalue weighted by molar-refractivity contribution is -0.179. The van der Waals surface area contributed by atoms with Crippen molar-refractivity contribution in [2.75, 3.05) is 25.1 Å². The number of amides is 1. The first-order valence-corrected chi connectivity index (χ1v) is 12.2. The van der Waals surface area contributed by atoms with Gasteiger partial charge in [0.25, 0.3) is 0 Å². The maximum Gasteiger partial charge on any atom is 0.353 e. The third kappa shape index (κ3) is 9.04. The van der Waals surface area contributed by atoms with Crippen LogP contribution in [0.1, 0.15) is 46.5 Å². The smallest absolute Gasteiger partial charge is 0.353 e. The highest BCUT2D eigenvalue weighted by molar-refractivity contribution is 7.57. The number of rotatable bonds is 12. The Morgan fingerprint density at radius 1 is 1.39 bits per heavy atom. The number of ether oxygens (including phenoxy) is 2. The van der Waals surface area contributed by atoms with Gasteiger partial charge in [-0.3, -0.25) is 13.9 Å². The molecule has 0 radical (unpaired) electrons. The van der Waals surface area contributed by atoms with Crippen molar-refractivity contribution in [1.29, 1.82) is 0 Å². The van der Waals surface area contributed by atoms with Gasteiger partial charge in [-0.2, -0.15) is 4.98 Å². The predicted molar refractivity (Wildman–Crippen MR) is 116 cm³/mol. The Morgan fingerprint density at radius 2 is 2.13 bits per heavy atom. The van der Waals surface area contributed by atoms with Crippen molar-refractivity contribution in [2.45, 2.75) is 65.4 Å². The van der Waals surface area contributed by atoms with E-state index in [0.717, 1.165) is 19.3 Å². The number of nitrogens with one attached hydrogen (secondary N) is 1. The van der Waals surface area contributed by atoms with Crippen LogP contribution in [0.4, 0.5) is 5.82 Å².